The summed E-state index contributed by atoms with van der Waals surface area (Å²) in [5.41, 5.74) is 3.22. The third-order valence-corrected chi connectivity index (χ3v) is 6.95. The van der Waals surface area contributed by atoms with E-state index in [1.807, 2.05) is 53.9 Å². The summed E-state index contributed by atoms with van der Waals surface area (Å²) >= 11 is 2.61. The van der Waals surface area contributed by atoms with E-state index in [0.717, 1.165) is 22.2 Å². The van der Waals surface area contributed by atoms with E-state index in [-0.39, 0.29) is 0 Å². The van der Waals surface area contributed by atoms with Crippen molar-refractivity contribution in [3.8, 4) is 33.5 Å². The van der Waals surface area contributed by atoms with E-state index in [1.54, 1.807) is 31.4 Å². The summed E-state index contributed by atoms with van der Waals surface area (Å²) in [5.74, 6) is -0.274. The molecule has 0 aliphatic carbocycles. The van der Waals surface area contributed by atoms with Crippen LogP contribution in [0, 0.1) is 11.3 Å². The lowest BCUT2D eigenvalue weighted by atomic mass is 10.0. The number of thioether (sulfide) groups is 1. The highest BCUT2D eigenvalue weighted by Gasteiger charge is 2.25. The first-order valence-corrected chi connectivity index (χ1v) is 11.4. The van der Waals surface area contributed by atoms with Crippen LogP contribution < -0.4 is 4.74 Å². The monoisotopic (exact) mass is 458 g/mol. The van der Waals surface area contributed by atoms with Crippen LogP contribution in [0.1, 0.15) is 16.4 Å². The van der Waals surface area contributed by atoms with Gasteiger partial charge in [-0.1, -0.05) is 60.3 Å². The summed E-state index contributed by atoms with van der Waals surface area (Å²) in [7, 11) is 1.60. The fourth-order valence-corrected chi connectivity index (χ4v) is 4.99. The Morgan fingerprint density at radius 1 is 1.12 bits per heavy atom. The average Bonchev–Trinajstić information content (AvgIpc) is 3.37. The van der Waals surface area contributed by atoms with E-state index in [0.29, 0.717) is 33.2 Å². The minimum absolute atomic E-state index is 0.350. The molecule has 2 heterocycles. The SMILES string of the molecule is COc1ccc(-c2cc(-c3cccs3)nc(S[C@H](C(=O)O)c3ccccc3)c2C#N)cc1. The van der Waals surface area contributed by atoms with Crippen molar-refractivity contribution in [2.45, 2.75) is 10.3 Å². The van der Waals surface area contributed by atoms with Crippen molar-refractivity contribution in [2.75, 3.05) is 7.11 Å². The summed E-state index contributed by atoms with van der Waals surface area (Å²) in [6.45, 7) is 0. The first-order chi connectivity index (χ1) is 15.6. The number of aromatic nitrogens is 1. The number of carboxylic acids is 1. The zero-order chi connectivity index (χ0) is 22.5. The Morgan fingerprint density at radius 3 is 2.47 bits per heavy atom. The molecule has 0 bridgehead atoms. The van der Waals surface area contributed by atoms with Crippen molar-refractivity contribution in [3.63, 3.8) is 0 Å². The number of pyridine rings is 1. The molecular formula is C25H18N2O3S2. The molecule has 2 aromatic carbocycles. The second-order valence-corrected chi connectivity index (χ2v) is 8.84. The van der Waals surface area contributed by atoms with E-state index in [4.69, 9.17) is 9.72 Å². The number of rotatable bonds is 7. The van der Waals surface area contributed by atoms with Gasteiger partial charge in [-0.2, -0.15) is 5.26 Å². The molecule has 1 N–H and O–H groups in total. The minimum Gasteiger partial charge on any atom is -0.497 e. The lowest BCUT2D eigenvalue weighted by Gasteiger charge is -2.16. The van der Waals surface area contributed by atoms with Crippen molar-refractivity contribution in [1.29, 1.82) is 5.26 Å². The Labute approximate surface area is 194 Å². The first kappa shape index (κ1) is 21.6. The molecule has 0 saturated carbocycles. The third kappa shape index (κ3) is 4.52. The maximum absolute atomic E-state index is 12.1. The van der Waals surface area contributed by atoms with E-state index >= 15 is 0 Å². The van der Waals surface area contributed by atoms with Gasteiger partial charge in [-0.25, -0.2) is 4.98 Å². The van der Waals surface area contributed by atoms with Gasteiger partial charge in [0.15, 0.2) is 0 Å². The summed E-state index contributed by atoms with van der Waals surface area (Å²) in [6, 6.07) is 24.4. The van der Waals surface area contributed by atoms with Gasteiger partial charge >= 0.3 is 5.97 Å². The quantitative estimate of drug-likeness (QED) is 0.328. The first-order valence-electron chi connectivity index (χ1n) is 9.68. The van der Waals surface area contributed by atoms with Gasteiger partial charge in [-0.05, 0) is 40.8 Å². The number of aliphatic carboxylic acids is 1. The topological polar surface area (TPSA) is 83.2 Å². The summed E-state index contributed by atoms with van der Waals surface area (Å²) < 4.78 is 5.25. The molecule has 158 valence electrons. The maximum atomic E-state index is 12.1. The number of carbonyl (C=O) groups is 1. The number of methoxy groups -OCH3 is 1. The molecule has 0 saturated heterocycles. The molecular weight excluding hydrogens is 440 g/mol. The predicted molar refractivity (Wildman–Crippen MR) is 127 cm³/mol. The van der Waals surface area contributed by atoms with Gasteiger partial charge in [0.05, 0.1) is 23.2 Å². The van der Waals surface area contributed by atoms with Crippen LogP contribution in [-0.4, -0.2) is 23.2 Å². The number of hydrogen-bond acceptors (Lipinski definition) is 6. The molecule has 0 aliphatic heterocycles. The third-order valence-electron chi connectivity index (χ3n) is 4.83. The van der Waals surface area contributed by atoms with Crippen LogP contribution in [0.2, 0.25) is 0 Å². The fraction of sp³-hybridized carbons (Fsp3) is 0.0800. The van der Waals surface area contributed by atoms with Gasteiger partial charge in [0.2, 0.25) is 0 Å². The fourth-order valence-electron chi connectivity index (χ4n) is 3.26. The van der Waals surface area contributed by atoms with Crippen molar-refractivity contribution < 1.29 is 14.6 Å². The van der Waals surface area contributed by atoms with Gasteiger partial charge in [-0.15, -0.1) is 11.3 Å². The summed E-state index contributed by atoms with van der Waals surface area (Å²) in [5, 5.41) is 21.4. The molecule has 1 atom stereocenters. The minimum atomic E-state index is -0.987. The van der Waals surface area contributed by atoms with Crippen LogP contribution in [0.3, 0.4) is 0 Å². The average molecular weight is 459 g/mol. The second kappa shape index (κ2) is 9.69. The number of thiophene rings is 1. The molecule has 0 unspecified atom stereocenters. The van der Waals surface area contributed by atoms with Crippen LogP contribution in [0.25, 0.3) is 21.7 Å². The number of ether oxygens (including phenoxy) is 1. The van der Waals surface area contributed by atoms with E-state index in [9.17, 15) is 15.2 Å². The zero-order valence-corrected chi connectivity index (χ0v) is 18.7. The van der Waals surface area contributed by atoms with Gasteiger partial charge in [0, 0.05) is 5.56 Å². The normalized spacial score (nSPS) is 11.5. The van der Waals surface area contributed by atoms with Crippen molar-refractivity contribution in [2.24, 2.45) is 0 Å². The van der Waals surface area contributed by atoms with Crippen molar-refractivity contribution >= 4 is 29.1 Å². The smallest absolute Gasteiger partial charge is 0.321 e. The molecule has 7 heteroatoms. The van der Waals surface area contributed by atoms with Gasteiger partial charge < -0.3 is 9.84 Å². The lowest BCUT2D eigenvalue weighted by molar-refractivity contribution is -0.136. The molecule has 0 amide bonds. The van der Waals surface area contributed by atoms with Crippen LogP contribution in [0.15, 0.2) is 83.2 Å². The van der Waals surface area contributed by atoms with Gasteiger partial charge in [-0.3, -0.25) is 4.79 Å². The number of nitriles is 1. The van der Waals surface area contributed by atoms with Crippen LogP contribution in [0.5, 0.6) is 5.75 Å². The summed E-state index contributed by atoms with van der Waals surface area (Å²) in [6.07, 6.45) is 0. The van der Waals surface area contributed by atoms with Crippen LogP contribution in [-0.2, 0) is 4.79 Å². The van der Waals surface area contributed by atoms with E-state index in [1.165, 1.54) is 11.3 Å². The molecule has 32 heavy (non-hydrogen) atoms. The Hall–Kier alpha value is -3.60. The number of hydrogen-bond donors (Lipinski definition) is 1. The van der Waals surface area contributed by atoms with Gasteiger partial charge in [0.1, 0.15) is 22.1 Å². The largest absolute Gasteiger partial charge is 0.497 e. The van der Waals surface area contributed by atoms with Crippen molar-refractivity contribution in [1.82, 2.24) is 4.98 Å². The number of nitrogens with zero attached hydrogens (tertiary/aromatic N) is 2. The van der Waals surface area contributed by atoms with Crippen molar-refractivity contribution in [3.05, 3.63) is 89.3 Å². The maximum Gasteiger partial charge on any atom is 0.321 e. The highest BCUT2D eigenvalue weighted by Crippen LogP contribution is 2.41. The molecule has 0 aliphatic rings. The molecule has 0 spiro atoms. The number of carboxylic acid groups (broad SMARTS) is 1. The Balaban J connectivity index is 1.87. The molecule has 0 fully saturated rings. The van der Waals surface area contributed by atoms with E-state index in [2.05, 4.69) is 6.07 Å². The van der Waals surface area contributed by atoms with Crippen LogP contribution in [0.4, 0.5) is 0 Å². The second-order valence-electron chi connectivity index (χ2n) is 6.80. The Bertz CT molecular complexity index is 1270. The van der Waals surface area contributed by atoms with Gasteiger partial charge in [0.25, 0.3) is 0 Å². The highest BCUT2D eigenvalue weighted by molar-refractivity contribution is 8.00. The lowest BCUT2D eigenvalue weighted by Crippen LogP contribution is -2.09. The molecule has 2 aromatic heterocycles. The van der Waals surface area contributed by atoms with Crippen LogP contribution >= 0.6 is 23.1 Å². The number of benzene rings is 2. The highest BCUT2D eigenvalue weighted by atomic mass is 32.2. The predicted octanol–water partition coefficient (Wildman–Crippen LogP) is 6.28. The molecule has 5 nitrogen and oxygen atoms in total. The standard InChI is InChI=1S/C25H18N2O3S2/c1-30-18-11-9-16(10-12-18)19-14-21(22-8-5-13-31-22)27-24(20(19)15-26)32-23(25(28)29)17-6-3-2-4-7-17/h2-14,23H,1H3,(H,28,29)/t23-/m0/s1. The summed E-state index contributed by atoms with van der Waals surface area (Å²) in [4.78, 5) is 17.8. The van der Waals surface area contributed by atoms with E-state index < -0.39 is 11.2 Å². The molecule has 4 aromatic rings. The Kier molecular flexibility index (Phi) is 6.55. The Morgan fingerprint density at radius 2 is 1.88 bits per heavy atom. The zero-order valence-electron chi connectivity index (χ0n) is 17.1. The molecule has 0 radical (unpaired) electrons. The molecule has 4 rings (SSSR count).